The van der Waals surface area contributed by atoms with Crippen LogP contribution < -0.4 is 0 Å². The fraction of sp³-hybridized carbons (Fsp3) is 0.667. The summed E-state index contributed by atoms with van der Waals surface area (Å²) in [6.07, 6.45) is 13.5. The predicted molar refractivity (Wildman–Crippen MR) is 54.4 cm³/mol. The lowest BCUT2D eigenvalue weighted by Crippen LogP contribution is -2.18. The number of hydrogen-bond acceptors (Lipinski definition) is 1. The summed E-state index contributed by atoms with van der Waals surface area (Å²) in [5.41, 5.74) is 1.58. The topological polar surface area (TPSA) is 20.2 Å². The summed E-state index contributed by atoms with van der Waals surface area (Å²) in [5.74, 6) is 0.842. The van der Waals surface area contributed by atoms with Gasteiger partial charge in [0.2, 0.25) is 0 Å². The Kier molecular flexibility index (Phi) is 2.84. The Bertz CT molecular complexity index is 219. The van der Waals surface area contributed by atoms with Crippen LogP contribution in [0, 0.1) is 5.92 Å². The second kappa shape index (κ2) is 4.10. The van der Waals surface area contributed by atoms with Gasteiger partial charge in [-0.15, -0.1) is 0 Å². The Labute approximate surface area is 80.2 Å². The van der Waals surface area contributed by atoms with Crippen molar-refractivity contribution < 1.29 is 5.11 Å². The largest absolute Gasteiger partial charge is 0.393 e. The van der Waals surface area contributed by atoms with Gasteiger partial charge in [0.1, 0.15) is 0 Å². The highest BCUT2D eigenvalue weighted by Crippen LogP contribution is 2.31. The molecule has 1 nitrogen and oxygen atoms in total. The highest BCUT2D eigenvalue weighted by Gasteiger charge is 2.20. The zero-order valence-corrected chi connectivity index (χ0v) is 8.08. The molecule has 2 aliphatic rings. The van der Waals surface area contributed by atoms with E-state index in [-0.39, 0.29) is 6.10 Å². The molecule has 1 N–H and O–H groups in total. The summed E-state index contributed by atoms with van der Waals surface area (Å²) in [4.78, 5) is 0. The first kappa shape index (κ1) is 9.01. The smallest absolute Gasteiger partial charge is 0.0540 e. The van der Waals surface area contributed by atoms with Crippen LogP contribution in [0.1, 0.15) is 38.5 Å². The van der Waals surface area contributed by atoms with Crippen LogP contribution in [0.2, 0.25) is 0 Å². The first-order chi connectivity index (χ1) is 6.34. The monoisotopic (exact) mass is 178 g/mol. The van der Waals surface area contributed by atoms with Gasteiger partial charge in [-0.2, -0.15) is 0 Å². The minimum Gasteiger partial charge on any atom is -0.393 e. The van der Waals surface area contributed by atoms with Crippen LogP contribution in [-0.4, -0.2) is 11.2 Å². The maximum atomic E-state index is 9.36. The molecule has 1 heteroatoms. The number of allylic oxidation sites excluding steroid dienone is 4. The van der Waals surface area contributed by atoms with Crippen molar-refractivity contribution in [2.45, 2.75) is 44.6 Å². The minimum atomic E-state index is -0.00747. The van der Waals surface area contributed by atoms with Gasteiger partial charge in [0.25, 0.3) is 0 Å². The van der Waals surface area contributed by atoms with E-state index in [1.54, 1.807) is 5.57 Å². The fourth-order valence-electron chi connectivity index (χ4n) is 2.36. The molecule has 0 spiro atoms. The Morgan fingerprint density at radius 3 is 2.62 bits per heavy atom. The van der Waals surface area contributed by atoms with Crippen molar-refractivity contribution in [1.82, 2.24) is 0 Å². The van der Waals surface area contributed by atoms with Crippen molar-refractivity contribution in [2.24, 2.45) is 5.92 Å². The summed E-state index contributed by atoms with van der Waals surface area (Å²) in [6, 6.07) is 0. The lowest BCUT2D eigenvalue weighted by molar-refractivity contribution is 0.108. The number of aliphatic hydroxyl groups is 1. The van der Waals surface area contributed by atoms with Crippen molar-refractivity contribution in [2.75, 3.05) is 0 Å². The lowest BCUT2D eigenvalue weighted by atomic mass is 9.83. The van der Waals surface area contributed by atoms with Gasteiger partial charge in [0.15, 0.2) is 0 Å². The van der Waals surface area contributed by atoms with E-state index < -0.39 is 0 Å². The van der Waals surface area contributed by atoms with E-state index >= 15 is 0 Å². The summed E-state index contributed by atoms with van der Waals surface area (Å²) < 4.78 is 0. The van der Waals surface area contributed by atoms with Crippen molar-refractivity contribution in [3.8, 4) is 0 Å². The Balaban J connectivity index is 1.76. The predicted octanol–water partition coefficient (Wildman–Crippen LogP) is 2.81. The average Bonchev–Trinajstić information content (AvgIpc) is 2.62. The molecule has 1 fully saturated rings. The maximum absolute atomic E-state index is 9.36. The van der Waals surface area contributed by atoms with Gasteiger partial charge in [-0.25, -0.2) is 0 Å². The van der Waals surface area contributed by atoms with Crippen molar-refractivity contribution in [3.63, 3.8) is 0 Å². The summed E-state index contributed by atoms with van der Waals surface area (Å²) in [6.45, 7) is 0. The molecule has 0 radical (unpaired) electrons. The van der Waals surface area contributed by atoms with Gasteiger partial charge in [-0.05, 0) is 44.4 Å². The van der Waals surface area contributed by atoms with Gasteiger partial charge in [0, 0.05) is 0 Å². The molecule has 0 atom stereocenters. The van der Waals surface area contributed by atoms with E-state index in [2.05, 4.69) is 18.2 Å². The molecule has 0 aromatic rings. The molecule has 0 aromatic carbocycles. The molecule has 0 saturated heterocycles. The lowest BCUT2D eigenvalue weighted by Gasteiger charge is -2.25. The number of rotatable bonds is 2. The second-order valence-corrected chi connectivity index (χ2v) is 4.34. The fourth-order valence-corrected chi connectivity index (χ4v) is 2.36. The Morgan fingerprint density at radius 2 is 2.00 bits per heavy atom. The summed E-state index contributed by atoms with van der Waals surface area (Å²) in [7, 11) is 0. The van der Waals surface area contributed by atoms with Crippen molar-refractivity contribution in [1.29, 1.82) is 0 Å². The van der Waals surface area contributed by atoms with Gasteiger partial charge >= 0.3 is 0 Å². The van der Waals surface area contributed by atoms with Crippen LogP contribution in [0.3, 0.4) is 0 Å². The molecule has 72 valence electrons. The molecule has 0 amide bonds. The molecular formula is C12H18O. The third kappa shape index (κ3) is 2.44. The second-order valence-electron chi connectivity index (χ2n) is 4.34. The van der Waals surface area contributed by atoms with Crippen LogP contribution in [0.15, 0.2) is 23.8 Å². The normalized spacial score (nSPS) is 33.5. The van der Waals surface area contributed by atoms with Gasteiger partial charge in [-0.1, -0.05) is 23.8 Å². The highest BCUT2D eigenvalue weighted by atomic mass is 16.3. The standard InChI is InChI=1S/C12H18O/c13-12-7-5-11(6-8-12)9-10-3-1-2-4-10/h1-3,11-13H,4-9H2. The van der Waals surface area contributed by atoms with Crippen LogP contribution in [-0.2, 0) is 0 Å². The molecule has 0 bridgehead atoms. The van der Waals surface area contributed by atoms with Crippen molar-refractivity contribution >= 4 is 0 Å². The molecule has 13 heavy (non-hydrogen) atoms. The molecule has 0 unspecified atom stereocenters. The summed E-state index contributed by atoms with van der Waals surface area (Å²) in [5, 5.41) is 9.36. The number of aliphatic hydroxyl groups excluding tert-OH is 1. The van der Waals surface area contributed by atoms with Crippen LogP contribution in [0.25, 0.3) is 0 Å². The average molecular weight is 178 g/mol. The zero-order chi connectivity index (χ0) is 9.10. The first-order valence-corrected chi connectivity index (χ1v) is 5.37. The van der Waals surface area contributed by atoms with Crippen LogP contribution in [0.5, 0.6) is 0 Å². The van der Waals surface area contributed by atoms with Gasteiger partial charge < -0.3 is 5.11 Å². The Morgan fingerprint density at radius 1 is 1.23 bits per heavy atom. The van der Waals surface area contributed by atoms with E-state index in [9.17, 15) is 5.11 Å². The van der Waals surface area contributed by atoms with E-state index in [1.165, 1.54) is 25.7 Å². The quantitative estimate of drug-likeness (QED) is 0.689. The van der Waals surface area contributed by atoms with Crippen LogP contribution in [0.4, 0.5) is 0 Å². The molecule has 0 aliphatic heterocycles. The van der Waals surface area contributed by atoms with E-state index in [0.29, 0.717) is 0 Å². The molecule has 0 aromatic heterocycles. The molecule has 0 heterocycles. The minimum absolute atomic E-state index is 0.00747. The summed E-state index contributed by atoms with van der Waals surface area (Å²) >= 11 is 0. The van der Waals surface area contributed by atoms with Gasteiger partial charge in [0.05, 0.1) is 6.10 Å². The van der Waals surface area contributed by atoms with Crippen molar-refractivity contribution in [3.05, 3.63) is 23.8 Å². The SMILES string of the molecule is OC1CCC(CC2=CC=CC2)CC1. The number of hydrogen-bond donors (Lipinski definition) is 1. The molecule has 2 aliphatic carbocycles. The zero-order valence-electron chi connectivity index (χ0n) is 8.08. The van der Waals surface area contributed by atoms with E-state index in [4.69, 9.17) is 0 Å². The first-order valence-electron chi connectivity index (χ1n) is 5.37. The molecule has 2 rings (SSSR count). The van der Waals surface area contributed by atoms with E-state index in [1.807, 2.05) is 0 Å². The van der Waals surface area contributed by atoms with Crippen LogP contribution >= 0.6 is 0 Å². The highest BCUT2D eigenvalue weighted by molar-refractivity contribution is 5.23. The third-order valence-corrected chi connectivity index (χ3v) is 3.22. The molecular weight excluding hydrogens is 160 g/mol. The third-order valence-electron chi connectivity index (χ3n) is 3.22. The molecule has 1 saturated carbocycles. The Hall–Kier alpha value is -0.560. The maximum Gasteiger partial charge on any atom is 0.0540 e. The van der Waals surface area contributed by atoms with E-state index in [0.717, 1.165) is 18.8 Å². The van der Waals surface area contributed by atoms with Gasteiger partial charge in [-0.3, -0.25) is 0 Å².